The van der Waals surface area contributed by atoms with Gasteiger partial charge in [-0.1, -0.05) is 127 Å². The van der Waals surface area contributed by atoms with Gasteiger partial charge in [0.25, 0.3) is 0 Å². The fourth-order valence-electron chi connectivity index (χ4n) is 4.79. The van der Waals surface area contributed by atoms with E-state index >= 15 is 0 Å². The zero-order valence-electron chi connectivity index (χ0n) is 21.0. The highest BCUT2D eigenvalue weighted by molar-refractivity contribution is 5.95. The van der Waals surface area contributed by atoms with E-state index in [9.17, 15) is 0 Å². The molecule has 0 spiro atoms. The summed E-state index contributed by atoms with van der Waals surface area (Å²) in [6.45, 7) is 0. The van der Waals surface area contributed by atoms with Crippen LogP contribution in [0.5, 0.6) is 0 Å². The molecule has 0 aliphatic carbocycles. The summed E-state index contributed by atoms with van der Waals surface area (Å²) < 4.78 is 0. The van der Waals surface area contributed by atoms with Crippen molar-refractivity contribution in [3.05, 3.63) is 164 Å². The molecular weight excluding hydrogens is 460 g/mol. The highest BCUT2D eigenvalue weighted by atomic mass is 15.5. The van der Waals surface area contributed by atoms with Crippen LogP contribution in [0.15, 0.2) is 164 Å². The zero-order valence-corrected chi connectivity index (χ0v) is 21.0. The summed E-state index contributed by atoms with van der Waals surface area (Å²) in [4.78, 5) is 0. The predicted octanol–water partition coefficient (Wildman–Crippen LogP) is 9.85. The van der Waals surface area contributed by atoms with Gasteiger partial charge in [0.15, 0.2) is 0 Å². The molecule has 182 valence electrons. The van der Waals surface area contributed by atoms with Crippen molar-refractivity contribution in [3.8, 4) is 33.4 Å². The minimum absolute atomic E-state index is 1.05. The van der Waals surface area contributed by atoms with Crippen molar-refractivity contribution in [3.63, 3.8) is 0 Å². The fourth-order valence-corrected chi connectivity index (χ4v) is 4.79. The minimum atomic E-state index is 1.05. The van der Waals surface area contributed by atoms with Gasteiger partial charge in [-0.2, -0.15) is 0 Å². The molecule has 2 nitrogen and oxygen atoms in total. The van der Waals surface area contributed by atoms with Gasteiger partial charge in [-0.05, 0) is 58.7 Å². The van der Waals surface area contributed by atoms with Crippen LogP contribution in [0.4, 0.5) is 17.1 Å². The van der Waals surface area contributed by atoms with Crippen molar-refractivity contribution < 1.29 is 0 Å². The Labute approximate surface area is 224 Å². The second-order valence-electron chi connectivity index (χ2n) is 9.16. The van der Waals surface area contributed by atoms with Gasteiger partial charge in [0.05, 0.1) is 17.1 Å². The van der Waals surface area contributed by atoms with Gasteiger partial charge >= 0.3 is 0 Å². The number of nitrogens with zero attached hydrogens (tertiary/aromatic N) is 1. The smallest absolute Gasteiger partial charge is 0.0703 e. The maximum Gasteiger partial charge on any atom is 0.0703 e. The van der Waals surface area contributed by atoms with Gasteiger partial charge in [-0.15, -0.1) is 0 Å². The third-order valence-corrected chi connectivity index (χ3v) is 6.67. The Morgan fingerprint density at radius 3 is 1.08 bits per heavy atom. The molecule has 0 aliphatic heterocycles. The molecule has 0 aromatic heterocycles. The van der Waals surface area contributed by atoms with Crippen LogP contribution in [0.2, 0.25) is 0 Å². The van der Waals surface area contributed by atoms with E-state index in [-0.39, 0.29) is 0 Å². The lowest BCUT2D eigenvalue weighted by Gasteiger charge is -2.30. The molecule has 0 unspecified atom stereocenters. The first-order valence-electron chi connectivity index (χ1n) is 12.9. The van der Waals surface area contributed by atoms with Crippen molar-refractivity contribution in [1.29, 1.82) is 0 Å². The van der Waals surface area contributed by atoms with Crippen LogP contribution < -0.4 is 10.4 Å². The van der Waals surface area contributed by atoms with Crippen molar-refractivity contribution in [2.24, 2.45) is 0 Å². The third kappa shape index (κ3) is 4.93. The van der Waals surface area contributed by atoms with Crippen LogP contribution in [-0.2, 0) is 0 Å². The highest BCUT2D eigenvalue weighted by Crippen LogP contribution is 2.42. The molecule has 0 amide bonds. The molecule has 0 radical (unpaired) electrons. The third-order valence-electron chi connectivity index (χ3n) is 6.67. The maximum atomic E-state index is 3.86. The summed E-state index contributed by atoms with van der Waals surface area (Å²) in [7, 11) is 0. The number of hydrogen-bond donors (Lipinski definition) is 1. The van der Waals surface area contributed by atoms with E-state index in [0.717, 1.165) is 39.3 Å². The fraction of sp³-hybridized carbons (Fsp3) is 0. The van der Waals surface area contributed by atoms with Crippen LogP contribution in [-0.4, -0.2) is 0 Å². The summed E-state index contributed by atoms with van der Waals surface area (Å²) in [5.41, 5.74) is 14.0. The molecule has 0 heterocycles. The Bertz CT molecular complexity index is 1500. The van der Waals surface area contributed by atoms with Gasteiger partial charge in [-0.3, -0.25) is 10.4 Å². The Kier molecular flexibility index (Phi) is 6.69. The van der Waals surface area contributed by atoms with E-state index in [1.807, 2.05) is 12.1 Å². The van der Waals surface area contributed by atoms with Crippen LogP contribution in [0.1, 0.15) is 0 Å². The number of benzene rings is 6. The monoisotopic (exact) mass is 488 g/mol. The quantitative estimate of drug-likeness (QED) is 0.225. The molecule has 0 atom stereocenters. The topological polar surface area (TPSA) is 15.3 Å². The van der Waals surface area contributed by atoms with E-state index in [4.69, 9.17) is 0 Å². The molecule has 6 rings (SSSR count). The molecule has 0 bridgehead atoms. The van der Waals surface area contributed by atoms with E-state index in [0.29, 0.717) is 0 Å². The van der Waals surface area contributed by atoms with Gasteiger partial charge in [-0.25, -0.2) is 0 Å². The molecule has 6 aromatic rings. The standard InChI is InChI=1S/C36H28N2/c1-6-16-28(17-7-1)31-26-34(29-18-8-2-9-19-29)36(35(27-31)30-20-10-3-11-21-30)37-38(32-22-12-4-13-23-32)33-24-14-5-15-25-33/h1-27,37H. The predicted molar refractivity (Wildman–Crippen MR) is 161 cm³/mol. The minimum Gasteiger partial charge on any atom is -0.293 e. The van der Waals surface area contributed by atoms with Crippen LogP contribution in [0.25, 0.3) is 33.4 Å². The van der Waals surface area contributed by atoms with E-state index in [2.05, 4.69) is 162 Å². The van der Waals surface area contributed by atoms with Crippen molar-refractivity contribution in [2.75, 3.05) is 10.4 Å². The number of hydrazine groups is 1. The van der Waals surface area contributed by atoms with Crippen LogP contribution in [0.3, 0.4) is 0 Å². The Hall–Kier alpha value is -5.08. The number of hydrogen-bond acceptors (Lipinski definition) is 2. The second kappa shape index (κ2) is 10.9. The summed E-state index contributed by atoms with van der Waals surface area (Å²) in [5.74, 6) is 0. The van der Waals surface area contributed by atoms with Gasteiger partial charge in [0.1, 0.15) is 0 Å². The first-order chi connectivity index (χ1) is 18.9. The number of nitrogens with one attached hydrogen (secondary N) is 1. The Balaban J connectivity index is 1.61. The first kappa shape index (κ1) is 23.3. The van der Waals surface area contributed by atoms with E-state index in [1.165, 1.54) is 11.1 Å². The normalized spacial score (nSPS) is 10.6. The summed E-state index contributed by atoms with van der Waals surface area (Å²) in [6, 6.07) is 57.3. The molecule has 1 N–H and O–H groups in total. The average Bonchev–Trinajstić information content (AvgIpc) is 3.02. The second-order valence-corrected chi connectivity index (χ2v) is 9.16. The molecule has 0 saturated heterocycles. The van der Waals surface area contributed by atoms with Crippen molar-refractivity contribution >= 4 is 17.1 Å². The van der Waals surface area contributed by atoms with Crippen LogP contribution >= 0.6 is 0 Å². The average molecular weight is 489 g/mol. The largest absolute Gasteiger partial charge is 0.293 e. The molecule has 0 fully saturated rings. The number of anilines is 3. The SMILES string of the molecule is c1ccc(-c2cc(-c3ccccc3)c(NN(c3ccccc3)c3ccccc3)c(-c3ccccc3)c2)cc1. The van der Waals surface area contributed by atoms with Crippen molar-refractivity contribution in [2.45, 2.75) is 0 Å². The van der Waals surface area contributed by atoms with Crippen LogP contribution in [0, 0.1) is 0 Å². The number of rotatable bonds is 7. The lowest BCUT2D eigenvalue weighted by atomic mass is 9.91. The number of para-hydroxylation sites is 2. The summed E-state index contributed by atoms with van der Waals surface area (Å²) >= 11 is 0. The van der Waals surface area contributed by atoms with Gasteiger partial charge in [0, 0.05) is 11.1 Å². The lowest BCUT2D eigenvalue weighted by molar-refractivity contribution is 1.16. The first-order valence-corrected chi connectivity index (χ1v) is 12.9. The molecule has 6 aromatic carbocycles. The lowest BCUT2D eigenvalue weighted by Crippen LogP contribution is -2.25. The molecular formula is C36H28N2. The molecule has 38 heavy (non-hydrogen) atoms. The van der Waals surface area contributed by atoms with Gasteiger partial charge in [0.2, 0.25) is 0 Å². The molecule has 0 aliphatic rings. The van der Waals surface area contributed by atoms with E-state index < -0.39 is 0 Å². The Morgan fingerprint density at radius 1 is 0.342 bits per heavy atom. The maximum absolute atomic E-state index is 3.86. The highest BCUT2D eigenvalue weighted by Gasteiger charge is 2.19. The van der Waals surface area contributed by atoms with E-state index in [1.54, 1.807) is 0 Å². The molecule has 0 saturated carbocycles. The zero-order chi connectivity index (χ0) is 25.6. The summed E-state index contributed by atoms with van der Waals surface area (Å²) in [6.07, 6.45) is 0. The summed E-state index contributed by atoms with van der Waals surface area (Å²) in [5, 5.41) is 2.16. The van der Waals surface area contributed by atoms with Gasteiger partial charge < -0.3 is 0 Å². The molecule has 2 heteroatoms. The Morgan fingerprint density at radius 2 is 0.684 bits per heavy atom. The van der Waals surface area contributed by atoms with Crippen molar-refractivity contribution in [1.82, 2.24) is 0 Å².